The van der Waals surface area contributed by atoms with E-state index in [1.165, 1.54) is 11.1 Å². The number of aryl methyl sites for hydroxylation is 1. The molecule has 2 aromatic carbocycles. The topological polar surface area (TPSA) is 58.8 Å². The van der Waals surface area contributed by atoms with Gasteiger partial charge in [-0.3, -0.25) is 9.69 Å². The number of nitrogens with two attached hydrogens (primary N) is 1. The third kappa shape index (κ3) is 5.72. The zero-order valence-corrected chi connectivity index (χ0v) is 19.7. The largest absolute Gasteiger partial charge is 0.497 e. The van der Waals surface area contributed by atoms with Gasteiger partial charge in [0.15, 0.2) is 0 Å². The molecule has 170 valence electrons. The Morgan fingerprint density at radius 1 is 1.06 bits per heavy atom. The molecule has 2 aliphatic heterocycles. The number of carbonyl (C=O) groups is 1. The maximum Gasteiger partial charge on any atom is 0.236 e. The zero-order valence-electron chi connectivity index (χ0n) is 18.0. The predicted octanol–water partition coefficient (Wildman–Crippen LogP) is 3.39. The third-order valence-electron chi connectivity index (χ3n) is 6.65. The lowest BCUT2D eigenvalue weighted by molar-refractivity contribution is -0.129. The average Bonchev–Trinajstić information content (AvgIpc) is 3.26. The van der Waals surface area contributed by atoms with Crippen LogP contribution in [0.25, 0.3) is 0 Å². The van der Waals surface area contributed by atoms with Crippen molar-refractivity contribution in [3.05, 3.63) is 65.7 Å². The van der Waals surface area contributed by atoms with Crippen LogP contribution in [0.15, 0.2) is 54.6 Å². The molecule has 0 aromatic heterocycles. The zero-order chi connectivity index (χ0) is 20.3. The second kappa shape index (κ2) is 11.2. The van der Waals surface area contributed by atoms with Gasteiger partial charge in [0, 0.05) is 38.1 Å². The van der Waals surface area contributed by atoms with E-state index in [0.717, 1.165) is 51.3 Å². The molecule has 1 amide bonds. The van der Waals surface area contributed by atoms with E-state index >= 15 is 0 Å². The molecule has 7 heteroatoms. The number of fused-ring (bicyclic) bond motifs is 1. The van der Waals surface area contributed by atoms with Crippen LogP contribution in [0.4, 0.5) is 0 Å². The van der Waals surface area contributed by atoms with Crippen LogP contribution in [0, 0.1) is 11.3 Å². The molecule has 2 aliphatic rings. The number of carbonyl (C=O) groups excluding carboxylic acids is 1. The summed E-state index contributed by atoms with van der Waals surface area (Å²) in [6.07, 6.45) is 2.15. The highest BCUT2D eigenvalue weighted by Gasteiger charge is 2.52. The molecule has 2 saturated heterocycles. The molecule has 2 N–H and O–H groups in total. The van der Waals surface area contributed by atoms with Crippen LogP contribution < -0.4 is 10.5 Å². The van der Waals surface area contributed by atoms with Gasteiger partial charge < -0.3 is 15.4 Å². The van der Waals surface area contributed by atoms with Gasteiger partial charge in [0.1, 0.15) is 5.75 Å². The average molecular weight is 466 g/mol. The van der Waals surface area contributed by atoms with Crippen LogP contribution in [-0.2, 0) is 17.8 Å². The molecule has 0 saturated carbocycles. The normalized spacial score (nSPS) is 22.4. The fourth-order valence-electron chi connectivity index (χ4n) is 5.15. The minimum Gasteiger partial charge on any atom is -0.497 e. The van der Waals surface area contributed by atoms with Crippen molar-refractivity contribution < 1.29 is 9.53 Å². The summed E-state index contributed by atoms with van der Waals surface area (Å²) in [5.41, 5.74) is 8.45. The van der Waals surface area contributed by atoms with Crippen LogP contribution >= 0.6 is 24.8 Å². The Morgan fingerprint density at radius 3 is 2.52 bits per heavy atom. The Bertz CT molecular complexity index is 852. The third-order valence-corrected chi connectivity index (χ3v) is 6.65. The van der Waals surface area contributed by atoms with E-state index in [1.54, 1.807) is 7.11 Å². The van der Waals surface area contributed by atoms with Crippen molar-refractivity contribution in [1.29, 1.82) is 0 Å². The van der Waals surface area contributed by atoms with E-state index in [9.17, 15) is 4.79 Å². The number of halogens is 2. The number of benzene rings is 2. The summed E-state index contributed by atoms with van der Waals surface area (Å²) < 4.78 is 5.38. The SMILES string of the molecule is COc1cccc(CN2CC3CN(C(=O)CN)CC3(CCc3ccccc3)C2)c1.Cl.Cl. The Morgan fingerprint density at radius 2 is 1.81 bits per heavy atom. The van der Waals surface area contributed by atoms with Gasteiger partial charge in [-0.15, -0.1) is 24.8 Å². The highest BCUT2D eigenvalue weighted by Crippen LogP contribution is 2.46. The van der Waals surface area contributed by atoms with E-state index < -0.39 is 0 Å². The molecule has 0 aliphatic carbocycles. The Kier molecular flexibility index (Phi) is 9.19. The summed E-state index contributed by atoms with van der Waals surface area (Å²) in [5.74, 6) is 1.49. The molecule has 0 radical (unpaired) electrons. The summed E-state index contributed by atoms with van der Waals surface area (Å²) in [6.45, 7) is 4.74. The highest BCUT2D eigenvalue weighted by molar-refractivity contribution is 5.85. The maximum absolute atomic E-state index is 12.3. The number of likely N-dealkylation sites (tertiary alicyclic amines) is 2. The molecule has 31 heavy (non-hydrogen) atoms. The lowest BCUT2D eigenvalue weighted by Gasteiger charge is -2.30. The van der Waals surface area contributed by atoms with Crippen molar-refractivity contribution in [2.75, 3.05) is 39.8 Å². The van der Waals surface area contributed by atoms with Crippen molar-refractivity contribution in [2.45, 2.75) is 19.4 Å². The van der Waals surface area contributed by atoms with Gasteiger partial charge in [-0.1, -0.05) is 42.5 Å². The molecule has 2 atom stereocenters. The maximum atomic E-state index is 12.3. The minimum atomic E-state index is 0. The molecule has 4 rings (SSSR count). The lowest BCUT2D eigenvalue weighted by Crippen LogP contribution is -2.39. The predicted molar refractivity (Wildman–Crippen MR) is 129 cm³/mol. The lowest BCUT2D eigenvalue weighted by atomic mass is 9.76. The Hall–Kier alpha value is -1.79. The molecule has 5 nitrogen and oxygen atoms in total. The second-order valence-corrected chi connectivity index (χ2v) is 8.54. The first-order valence-corrected chi connectivity index (χ1v) is 10.5. The Balaban J connectivity index is 0.00000171. The van der Waals surface area contributed by atoms with E-state index in [1.807, 2.05) is 11.0 Å². The van der Waals surface area contributed by atoms with Gasteiger partial charge in [0.05, 0.1) is 13.7 Å². The molecule has 0 spiro atoms. The molecular weight excluding hydrogens is 433 g/mol. The van der Waals surface area contributed by atoms with E-state index in [-0.39, 0.29) is 42.7 Å². The number of hydrogen-bond acceptors (Lipinski definition) is 4. The fraction of sp³-hybridized carbons (Fsp3) is 0.458. The summed E-state index contributed by atoms with van der Waals surface area (Å²) in [4.78, 5) is 16.8. The van der Waals surface area contributed by atoms with E-state index in [2.05, 4.69) is 53.4 Å². The van der Waals surface area contributed by atoms with Crippen molar-refractivity contribution in [3.63, 3.8) is 0 Å². The fourth-order valence-corrected chi connectivity index (χ4v) is 5.15. The van der Waals surface area contributed by atoms with Crippen LogP contribution in [0.3, 0.4) is 0 Å². The smallest absolute Gasteiger partial charge is 0.236 e. The molecule has 2 heterocycles. The van der Waals surface area contributed by atoms with Crippen molar-refractivity contribution in [2.24, 2.45) is 17.1 Å². The van der Waals surface area contributed by atoms with Crippen molar-refractivity contribution in [1.82, 2.24) is 9.80 Å². The first kappa shape index (κ1) is 25.5. The quantitative estimate of drug-likeness (QED) is 0.680. The number of rotatable bonds is 7. The number of hydrogen-bond donors (Lipinski definition) is 1. The summed E-state index contributed by atoms with van der Waals surface area (Å²) in [6, 6.07) is 19.0. The van der Waals surface area contributed by atoms with Gasteiger partial charge in [-0.05, 0) is 42.0 Å². The number of amides is 1. The molecule has 2 aromatic rings. The first-order chi connectivity index (χ1) is 14.1. The number of ether oxygens (including phenoxy) is 1. The number of methoxy groups -OCH3 is 1. The van der Waals surface area contributed by atoms with Crippen molar-refractivity contribution in [3.8, 4) is 5.75 Å². The summed E-state index contributed by atoms with van der Waals surface area (Å²) in [5, 5.41) is 0. The molecular formula is C24H33Cl2N3O2. The van der Waals surface area contributed by atoms with Gasteiger partial charge >= 0.3 is 0 Å². The van der Waals surface area contributed by atoms with Crippen LogP contribution in [0.5, 0.6) is 5.75 Å². The minimum absolute atomic E-state index is 0. The monoisotopic (exact) mass is 465 g/mol. The van der Waals surface area contributed by atoms with Gasteiger partial charge in [-0.25, -0.2) is 0 Å². The molecule has 2 fully saturated rings. The van der Waals surface area contributed by atoms with Crippen LogP contribution in [0.2, 0.25) is 0 Å². The second-order valence-electron chi connectivity index (χ2n) is 8.54. The van der Waals surface area contributed by atoms with Crippen LogP contribution in [-0.4, -0.2) is 55.5 Å². The molecule has 0 bridgehead atoms. The number of nitrogens with zero attached hydrogens (tertiary/aromatic N) is 2. The standard InChI is InChI=1S/C24H31N3O2.2ClH/c1-29-22-9-5-8-20(12-22)14-26-15-21-16-27(23(28)13-25)18-24(21,17-26)11-10-19-6-3-2-4-7-19;;/h2-9,12,21H,10-11,13-18,25H2,1H3;2*1H. The van der Waals surface area contributed by atoms with E-state index in [0.29, 0.717) is 5.92 Å². The first-order valence-electron chi connectivity index (χ1n) is 10.5. The van der Waals surface area contributed by atoms with Crippen molar-refractivity contribution >= 4 is 30.7 Å². The van der Waals surface area contributed by atoms with Gasteiger partial charge in [0.25, 0.3) is 0 Å². The van der Waals surface area contributed by atoms with E-state index in [4.69, 9.17) is 10.5 Å². The highest BCUT2D eigenvalue weighted by atomic mass is 35.5. The summed E-state index contributed by atoms with van der Waals surface area (Å²) in [7, 11) is 1.71. The summed E-state index contributed by atoms with van der Waals surface area (Å²) >= 11 is 0. The van der Waals surface area contributed by atoms with Crippen LogP contribution in [0.1, 0.15) is 17.5 Å². The van der Waals surface area contributed by atoms with Gasteiger partial charge in [0.2, 0.25) is 5.91 Å². The molecule has 2 unspecified atom stereocenters. The van der Waals surface area contributed by atoms with Gasteiger partial charge in [-0.2, -0.15) is 0 Å². The Labute approximate surface area is 197 Å².